The van der Waals surface area contributed by atoms with Crippen molar-refractivity contribution in [2.24, 2.45) is 0 Å². The van der Waals surface area contributed by atoms with Gasteiger partial charge in [-0.05, 0) is 57.6 Å². The number of carbonyl (C=O) groups is 1. The van der Waals surface area contributed by atoms with Gasteiger partial charge in [0.2, 0.25) is 5.91 Å². The summed E-state index contributed by atoms with van der Waals surface area (Å²) in [6, 6.07) is 6.34. The van der Waals surface area contributed by atoms with Gasteiger partial charge in [-0.2, -0.15) is 5.10 Å². The molecule has 3 rings (SSSR count). The van der Waals surface area contributed by atoms with Crippen LogP contribution in [0.1, 0.15) is 42.3 Å². The van der Waals surface area contributed by atoms with E-state index < -0.39 is 0 Å². The van der Waals surface area contributed by atoms with Crippen LogP contribution in [0.4, 0.5) is 0 Å². The molecule has 0 radical (unpaired) electrons. The summed E-state index contributed by atoms with van der Waals surface area (Å²) in [6.07, 6.45) is 6.37. The number of amides is 1. The molecule has 3 heterocycles. The highest BCUT2D eigenvalue weighted by atomic mass is 16.2. The van der Waals surface area contributed by atoms with Gasteiger partial charge in [0.05, 0.1) is 17.4 Å². The molecule has 0 N–H and O–H groups in total. The smallest absolute Gasteiger partial charge is 0.224 e. The van der Waals surface area contributed by atoms with Crippen molar-refractivity contribution in [1.82, 2.24) is 24.6 Å². The Kier molecular flexibility index (Phi) is 5.48. The van der Waals surface area contributed by atoms with Crippen LogP contribution in [0.15, 0.2) is 30.6 Å². The molecule has 1 amide bonds. The van der Waals surface area contributed by atoms with Crippen molar-refractivity contribution in [3.05, 3.63) is 47.5 Å². The number of carbonyl (C=O) groups excluding carboxylic acids is 1. The molecular formula is C19H27N5O. The van der Waals surface area contributed by atoms with Crippen LogP contribution >= 0.6 is 0 Å². The number of likely N-dealkylation sites (tertiary alicyclic amines) is 1. The molecular weight excluding hydrogens is 314 g/mol. The van der Waals surface area contributed by atoms with E-state index in [-0.39, 0.29) is 11.9 Å². The topological polar surface area (TPSA) is 54.3 Å². The highest BCUT2D eigenvalue weighted by molar-refractivity contribution is 5.77. The Balaban J connectivity index is 1.66. The van der Waals surface area contributed by atoms with Crippen LogP contribution in [-0.4, -0.2) is 51.1 Å². The molecule has 6 heteroatoms. The van der Waals surface area contributed by atoms with E-state index in [1.165, 1.54) is 5.56 Å². The van der Waals surface area contributed by atoms with Crippen molar-refractivity contribution in [2.45, 2.75) is 45.3 Å². The number of pyridine rings is 1. The summed E-state index contributed by atoms with van der Waals surface area (Å²) in [5, 5.41) is 4.36. The molecule has 0 unspecified atom stereocenters. The predicted octanol–water partition coefficient (Wildman–Crippen LogP) is 2.40. The lowest BCUT2D eigenvalue weighted by Gasteiger charge is -2.25. The first-order chi connectivity index (χ1) is 12.0. The molecule has 1 saturated heterocycles. The van der Waals surface area contributed by atoms with Gasteiger partial charge in [0.1, 0.15) is 0 Å². The zero-order valence-electron chi connectivity index (χ0n) is 15.4. The largest absolute Gasteiger partial charge is 0.336 e. The third-order valence-corrected chi connectivity index (χ3v) is 4.61. The van der Waals surface area contributed by atoms with Gasteiger partial charge in [0.25, 0.3) is 0 Å². The number of aryl methyl sites for hydroxylation is 2. The van der Waals surface area contributed by atoms with Gasteiger partial charge in [-0.15, -0.1) is 0 Å². The quantitative estimate of drug-likeness (QED) is 0.810. The second kappa shape index (κ2) is 7.78. The maximum Gasteiger partial charge on any atom is 0.224 e. The number of hydrogen-bond donors (Lipinski definition) is 0. The standard InChI is InChI=1S/C19H27N5O/c1-15-7-11-23(21-15)12-8-19(25)24-10-4-5-18(24)16-6-9-20-17(13-16)14-22(2)3/h6-7,9,11,13,18H,4-5,8,10,12,14H2,1-3H3/t18-/m1/s1. The summed E-state index contributed by atoms with van der Waals surface area (Å²) < 4.78 is 1.85. The Bertz CT molecular complexity index is 724. The molecule has 0 bridgehead atoms. The molecule has 1 aliphatic rings. The fourth-order valence-electron chi connectivity index (χ4n) is 3.47. The normalized spacial score (nSPS) is 17.4. The summed E-state index contributed by atoms with van der Waals surface area (Å²) in [6.45, 7) is 4.25. The Morgan fingerprint density at radius 2 is 2.20 bits per heavy atom. The fourth-order valence-corrected chi connectivity index (χ4v) is 3.47. The third kappa shape index (κ3) is 4.45. The highest BCUT2D eigenvalue weighted by Gasteiger charge is 2.29. The summed E-state index contributed by atoms with van der Waals surface area (Å²) in [4.78, 5) is 21.3. The molecule has 0 aliphatic carbocycles. The minimum absolute atomic E-state index is 0.177. The van der Waals surface area contributed by atoms with E-state index in [9.17, 15) is 4.79 Å². The molecule has 1 fully saturated rings. The molecule has 0 spiro atoms. The molecule has 1 aliphatic heterocycles. The van der Waals surface area contributed by atoms with Crippen molar-refractivity contribution in [1.29, 1.82) is 0 Å². The Morgan fingerprint density at radius 1 is 1.36 bits per heavy atom. The maximum atomic E-state index is 12.7. The third-order valence-electron chi connectivity index (χ3n) is 4.61. The Labute approximate surface area is 149 Å². The van der Waals surface area contributed by atoms with Crippen LogP contribution < -0.4 is 0 Å². The van der Waals surface area contributed by atoms with Crippen molar-refractivity contribution >= 4 is 5.91 Å². The van der Waals surface area contributed by atoms with Crippen molar-refractivity contribution in [3.8, 4) is 0 Å². The van der Waals surface area contributed by atoms with Gasteiger partial charge >= 0.3 is 0 Å². The Hall–Kier alpha value is -2.21. The van der Waals surface area contributed by atoms with Gasteiger partial charge in [0, 0.05) is 38.4 Å². The molecule has 1 atom stereocenters. The fraction of sp³-hybridized carbons (Fsp3) is 0.526. The highest BCUT2D eigenvalue weighted by Crippen LogP contribution is 2.32. The average molecular weight is 341 g/mol. The van der Waals surface area contributed by atoms with E-state index in [1.807, 2.05) is 55.1 Å². The van der Waals surface area contributed by atoms with Crippen molar-refractivity contribution < 1.29 is 4.79 Å². The van der Waals surface area contributed by atoms with Crippen LogP contribution in [0, 0.1) is 6.92 Å². The second-order valence-electron chi connectivity index (χ2n) is 7.03. The zero-order valence-corrected chi connectivity index (χ0v) is 15.4. The molecule has 0 aromatic carbocycles. The number of hydrogen-bond acceptors (Lipinski definition) is 4. The van der Waals surface area contributed by atoms with Crippen LogP contribution in [0.3, 0.4) is 0 Å². The second-order valence-corrected chi connectivity index (χ2v) is 7.03. The molecule has 2 aromatic heterocycles. The number of aromatic nitrogens is 3. The zero-order chi connectivity index (χ0) is 17.8. The number of nitrogens with zero attached hydrogens (tertiary/aromatic N) is 5. The first-order valence-corrected chi connectivity index (χ1v) is 8.92. The molecule has 134 valence electrons. The van der Waals surface area contributed by atoms with Crippen LogP contribution in [0.25, 0.3) is 0 Å². The van der Waals surface area contributed by atoms with Gasteiger partial charge in [-0.25, -0.2) is 0 Å². The van der Waals surface area contributed by atoms with Gasteiger partial charge < -0.3 is 9.80 Å². The van der Waals surface area contributed by atoms with Crippen molar-refractivity contribution in [3.63, 3.8) is 0 Å². The van der Waals surface area contributed by atoms with Gasteiger partial charge in [-0.3, -0.25) is 14.5 Å². The van der Waals surface area contributed by atoms with E-state index in [0.29, 0.717) is 13.0 Å². The number of rotatable bonds is 6. The maximum absolute atomic E-state index is 12.7. The molecule has 25 heavy (non-hydrogen) atoms. The van der Waals surface area contributed by atoms with Crippen LogP contribution in [-0.2, 0) is 17.9 Å². The molecule has 0 saturated carbocycles. The van der Waals surface area contributed by atoms with Crippen LogP contribution in [0.2, 0.25) is 0 Å². The minimum Gasteiger partial charge on any atom is -0.336 e. The summed E-state index contributed by atoms with van der Waals surface area (Å²) in [5.74, 6) is 0.210. The predicted molar refractivity (Wildman–Crippen MR) is 96.9 cm³/mol. The lowest BCUT2D eigenvalue weighted by Crippen LogP contribution is -2.31. The molecule has 6 nitrogen and oxygen atoms in total. The Morgan fingerprint density at radius 3 is 2.92 bits per heavy atom. The minimum atomic E-state index is 0.177. The van der Waals surface area contributed by atoms with Gasteiger partial charge in [0.15, 0.2) is 0 Å². The first kappa shape index (κ1) is 17.6. The summed E-state index contributed by atoms with van der Waals surface area (Å²) in [7, 11) is 4.08. The van der Waals surface area contributed by atoms with E-state index >= 15 is 0 Å². The lowest BCUT2D eigenvalue weighted by atomic mass is 10.0. The lowest BCUT2D eigenvalue weighted by molar-refractivity contribution is -0.132. The SMILES string of the molecule is Cc1ccn(CCC(=O)N2CCC[C@@H]2c2ccnc(CN(C)C)c2)n1. The first-order valence-electron chi connectivity index (χ1n) is 8.92. The van der Waals surface area contributed by atoms with E-state index in [2.05, 4.69) is 21.0 Å². The summed E-state index contributed by atoms with van der Waals surface area (Å²) >= 11 is 0. The van der Waals surface area contributed by atoms with Crippen LogP contribution in [0.5, 0.6) is 0 Å². The molecule has 2 aromatic rings. The summed E-state index contributed by atoms with van der Waals surface area (Å²) in [5.41, 5.74) is 3.23. The van der Waals surface area contributed by atoms with E-state index in [4.69, 9.17) is 0 Å². The van der Waals surface area contributed by atoms with E-state index in [0.717, 1.165) is 37.3 Å². The monoisotopic (exact) mass is 341 g/mol. The van der Waals surface area contributed by atoms with Gasteiger partial charge in [-0.1, -0.05) is 0 Å². The average Bonchev–Trinajstić information content (AvgIpc) is 3.21. The van der Waals surface area contributed by atoms with E-state index in [1.54, 1.807) is 0 Å². The van der Waals surface area contributed by atoms with Crippen molar-refractivity contribution in [2.75, 3.05) is 20.6 Å².